The fourth-order valence-electron chi connectivity index (χ4n) is 3.24. The van der Waals surface area contributed by atoms with E-state index < -0.39 is 0 Å². The van der Waals surface area contributed by atoms with Crippen LogP contribution in [0.3, 0.4) is 0 Å². The van der Waals surface area contributed by atoms with E-state index in [1.165, 1.54) is 32.4 Å². The van der Waals surface area contributed by atoms with E-state index in [1.54, 1.807) is 13.2 Å². The minimum absolute atomic E-state index is 0.223. The number of ether oxygens (including phenoxy) is 2. The highest BCUT2D eigenvalue weighted by Crippen LogP contribution is 2.31. The molecule has 0 aliphatic carbocycles. The third kappa shape index (κ3) is 4.82. The molecule has 1 atom stereocenters. The maximum atomic E-state index is 14.4. The molecule has 1 aliphatic rings. The second-order valence-corrected chi connectivity index (χ2v) is 6.51. The van der Waals surface area contributed by atoms with E-state index in [9.17, 15) is 4.39 Å². The van der Waals surface area contributed by atoms with Gasteiger partial charge >= 0.3 is 0 Å². The summed E-state index contributed by atoms with van der Waals surface area (Å²) in [6, 6.07) is 3.72. The van der Waals surface area contributed by atoms with Crippen molar-refractivity contribution in [2.75, 3.05) is 41.4 Å². The Bertz CT molecular complexity index is 508. The summed E-state index contributed by atoms with van der Waals surface area (Å²) in [6.45, 7) is 2.73. The zero-order valence-corrected chi connectivity index (χ0v) is 14.8. The molecule has 0 radical (unpaired) electrons. The number of piperidine rings is 1. The number of benzene rings is 1. The van der Waals surface area contributed by atoms with Crippen molar-refractivity contribution in [1.29, 1.82) is 0 Å². The van der Waals surface area contributed by atoms with E-state index in [-0.39, 0.29) is 5.82 Å². The number of likely N-dealkylation sites (tertiary alicyclic amines) is 1. The number of rotatable bonds is 7. The van der Waals surface area contributed by atoms with Crippen molar-refractivity contribution in [3.05, 3.63) is 23.5 Å². The number of nitrogens with zero attached hydrogens (tertiary/aromatic N) is 2. The zero-order valence-electron chi connectivity index (χ0n) is 14.8. The summed E-state index contributed by atoms with van der Waals surface area (Å²) in [5, 5.41) is 0. The molecule has 4 nitrogen and oxygen atoms in total. The van der Waals surface area contributed by atoms with Crippen LogP contribution in [0.4, 0.5) is 4.39 Å². The van der Waals surface area contributed by atoms with Crippen LogP contribution in [0.15, 0.2) is 12.1 Å². The lowest BCUT2D eigenvalue weighted by Gasteiger charge is -2.36. The molecule has 1 aliphatic heterocycles. The molecule has 0 amide bonds. The number of hydrogen-bond acceptors (Lipinski definition) is 4. The molecular formula is C18H29FN2O2. The van der Waals surface area contributed by atoms with Gasteiger partial charge in [0.25, 0.3) is 0 Å². The molecule has 0 bridgehead atoms. The lowest BCUT2D eigenvalue weighted by molar-refractivity contribution is 0.123. The molecular weight excluding hydrogens is 295 g/mol. The Morgan fingerprint density at radius 2 is 1.87 bits per heavy atom. The molecule has 1 heterocycles. The van der Waals surface area contributed by atoms with Gasteiger partial charge in [-0.15, -0.1) is 0 Å². The topological polar surface area (TPSA) is 24.9 Å². The molecule has 1 fully saturated rings. The van der Waals surface area contributed by atoms with Gasteiger partial charge in [-0.05, 0) is 52.5 Å². The highest BCUT2D eigenvalue weighted by Gasteiger charge is 2.24. The first-order valence-electron chi connectivity index (χ1n) is 8.34. The van der Waals surface area contributed by atoms with Gasteiger partial charge in [-0.3, -0.25) is 4.90 Å². The number of hydrogen-bond donors (Lipinski definition) is 0. The summed E-state index contributed by atoms with van der Waals surface area (Å²) in [6.07, 6.45) is 4.78. The molecule has 1 unspecified atom stereocenters. The minimum atomic E-state index is -0.223. The Morgan fingerprint density at radius 1 is 1.17 bits per heavy atom. The molecule has 0 aromatic heterocycles. The predicted molar refractivity (Wildman–Crippen MR) is 90.7 cm³/mol. The highest BCUT2D eigenvalue weighted by atomic mass is 19.1. The summed E-state index contributed by atoms with van der Waals surface area (Å²) in [5.41, 5.74) is 0.680. The fourth-order valence-corrected chi connectivity index (χ4v) is 3.24. The maximum absolute atomic E-state index is 14.4. The fraction of sp³-hybridized carbons (Fsp3) is 0.667. The van der Waals surface area contributed by atoms with Gasteiger partial charge in [0.1, 0.15) is 5.82 Å². The summed E-state index contributed by atoms with van der Waals surface area (Å²) in [4.78, 5) is 4.63. The average Bonchev–Trinajstić information content (AvgIpc) is 2.55. The molecule has 1 aromatic rings. The molecule has 2 rings (SSSR count). The van der Waals surface area contributed by atoms with Crippen LogP contribution < -0.4 is 9.47 Å². The largest absolute Gasteiger partial charge is 0.493 e. The summed E-state index contributed by atoms with van der Waals surface area (Å²) in [5.74, 6) is 0.807. The Morgan fingerprint density at radius 3 is 2.52 bits per heavy atom. The first-order valence-corrected chi connectivity index (χ1v) is 8.34. The Hall–Kier alpha value is -1.33. The number of halogens is 1. The van der Waals surface area contributed by atoms with Crippen molar-refractivity contribution >= 4 is 0 Å². The Kier molecular flexibility index (Phi) is 6.66. The van der Waals surface area contributed by atoms with Crippen LogP contribution in [0.1, 0.15) is 31.2 Å². The van der Waals surface area contributed by atoms with Gasteiger partial charge in [-0.1, -0.05) is 6.42 Å². The summed E-state index contributed by atoms with van der Waals surface area (Å²) < 4.78 is 24.9. The second-order valence-electron chi connectivity index (χ2n) is 6.51. The molecule has 1 saturated heterocycles. The van der Waals surface area contributed by atoms with E-state index in [4.69, 9.17) is 9.47 Å². The van der Waals surface area contributed by atoms with E-state index >= 15 is 0 Å². The normalized spacial score (nSPS) is 19.1. The molecule has 23 heavy (non-hydrogen) atoms. The van der Waals surface area contributed by atoms with Crippen LogP contribution in [0.5, 0.6) is 11.5 Å². The van der Waals surface area contributed by atoms with E-state index in [0.717, 1.165) is 19.5 Å². The van der Waals surface area contributed by atoms with Gasteiger partial charge in [0.05, 0.1) is 14.2 Å². The number of methoxy groups -OCH3 is 2. The van der Waals surface area contributed by atoms with Crippen molar-refractivity contribution in [3.8, 4) is 11.5 Å². The molecule has 1 aromatic carbocycles. The van der Waals surface area contributed by atoms with Crippen molar-refractivity contribution in [3.63, 3.8) is 0 Å². The smallest absolute Gasteiger partial charge is 0.163 e. The first kappa shape index (κ1) is 18.0. The van der Waals surface area contributed by atoms with Crippen molar-refractivity contribution in [1.82, 2.24) is 9.80 Å². The molecule has 0 saturated carbocycles. The van der Waals surface area contributed by atoms with Crippen LogP contribution in [-0.2, 0) is 6.54 Å². The lowest BCUT2D eigenvalue weighted by Crippen LogP contribution is -2.40. The quantitative estimate of drug-likeness (QED) is 0.769. The molecule has 130 valence electrons. The second kappa shape index (κ2) is 8.50. The van der Waals surface area contributed by atoms with Gasteiger partial charge < -0.3 is 14.4 Å². The summed E-state index contributed by atoms with van der Waals surface area (Å²) >= 11 is 0. The van der Waals surface area contributed by atoms with Gasteiger partial charge in [0.2, 0.25) is 0 Å². The Labute approximate surface area is 139 Å². The lowest BCUT2D eigenvalue weighted by atomic mass is 9.98. The van der Waals surface area contributed by atoms with Crippen molar-refractivity contribution in [2.45, 2.75) is 38.3 Å². The van der Waals surface area contributed by atoms with Crippen LogP contribution in [-0.4, -0.2) is 57.2 Å². The molecule has 0 N–H and O–H groups in total. The SMILES string of the molecule is COc1cc(F)c(CN2CCCCC2CCN(C)C)cc1OC. The third-order valence-corrected chi connectivity index (χ3v) is 4.58. The van der Waals surface area contributed by atoms with Crippen LogP contribution in [0, 0.1) is 5.82 Å². The standard InChI is InChI=1S/C18H29FN2O2/c1-20(2)10-8-15-7-5-6-9-21(15)13-14-11-17(22-3)18(23-4)12-16(14)19/h11-12,15H,5-10,13H2,1-4H3. The van der Waals surface area contributed by atoms with E-state index in [2.05, 4.69) is 23.9 Å². The van der Waals surface area contributed by atoms with E-state index in [0.29, 0.717) is 29.6 Å². The average molecular weight is 324 g/mol. The van der Waals surface area contributed by atoms with Crippen LogP contribution >= 0.6 is 0 Å². The van der Waals surface area contributed by atoms with Gasteiger partial charge in [-0.2, -0.15) is 0 Å². The zero-order chi connectivity index (χ0) is 16.8. The molecule has 5 heteroatoms. The van der Waals surface area contributed by atoms with Gasteiger partial charge in [-0.25, -0.2) is 4.39 Å². The van der Waals surface area contributed by atoms with Gasteiger partial charge in [0, 0.05) is 24.2 Å². The van der Waals surface area contributed by atoms with Crippen LogP contribution in [0.25, 0.3) is 0 Å². The predicted octanol–water partition coefficient (Wildman–Crippen LogP) is 3.15. The summed E-state index contributed by atoms with van der Waals surface area (Å²) in [7, 11) is 7.31. The minimum Gasteiger partial charge on any atom is -0.493 e. The maximum Gasteiger partial charge on any atom is 0.163 e. The third-order valence-electron chi connectivity index (χ3n) is 4.58. The first-order chi connectivity index (χ1) is 11.0. The monoisotopic (exact) mass is 324 g/mol. The molecule has 0 spiro atoms. The Balaban J connectivity index is 2.12. The van der Waals surface area contributed by atoms with E-state index in [1.807, 2.05) is 0 Å². The van der Waals surface area contributed by atoms with Crippen LogP contribution in [0.2, 0.25) is 0 Å². The van der Waals surface area contributed by atoms with Crippen molar-refractivity contribution < 1.29 is 13.9 Å². The van der Waals surface area contributed by atoms with Crippen molar-refractivity contribution in [2.24, 2.45) is 0 Å². The van der Waals surface area contributed by atoms with Gasteiger partial charge in [0.15, 0.2) is 11.5 Å². The highest BCUT2D eigenvalue weighted by molar-refractivity contribution is 5.43.